The Kier molecular flexibility index (Phi) is 6.23. The Morgan fingerprint density at radius 3 is 2.61 bits per heavy atom. The number of rotatable bonds is 5. The zero-order valence-corrected chi connectivity index (χ0v) is 18.5. The van der Waals surface area contributed by atoms with Crippen molar-refractivity contribution < 1.29 is 9.59 Å². The quantitative estimate of drug-likeness (QED) is 0.500. The van der Waals surface area contributed by atoms with Crippen molar-refractivity contribution in [3.05, 3.63) is 81.2 Å². The largest absolute Gasteiger partial charge is 0.360 e. The molecule has 1 aliphatic rings. The molecule has 0 saturated carbocycles. The molecule has 9 nitrogen and oxygen atoms in total. The van der Waals surface area contributed by atoms with Crippen molar-refractivity contribution in [1.82, 2.24) is 14.8 Å². The molecule has 0 bridgehead atoms. The molecule has 1 saturated heterocycles. The van der Waals surface area contributed by atoms with Gasteiger partial charge in [-0.25, -0.2) is 5.53 Å². The number of anilines is 1. The van der Waals surface area contributed by atoms with Gasteiger partial charge < -0.3 is 20.1 Å². The molecular weight excluding hydrogens is 444 g/mol. The number of benzene rings is 2. The third-order valence-corrected chi connectivity index (χ3v) is 5.69. The average Bonchev–Trinajstić information content (AvgIpc) is 2.81. The zero-order valence-electron chi connectivity index (χ0n) is 17.8. The van der Waals surface area contributed by atoms with Crippen LogP contribution in [0, 0.1) is 5.53 Å². The molecule has 2 aromatic carbocycles. The number of carbonyl (C=O) groups excluding carboxylic acids is 2. The molecule has 0 spiro atoms. The molecule has 1 aliphatic heterocycles. The van der Waals surface area contributed by atoms with Crippen molar-refractivity contribution in [3.63, 3.8) is 0 Å². The van der Waals surface area contributed by atoms with Gasteiger partial charge in [-0.15, -0.1) is 0 Å². The average molecular weight is 465 g/mol. The fraction of sp³-hybridized carbons (Fsp3) is 0.174. The number of halogens is 1. The van der Waals surface area contributed by atoms with E-state index >= 15 is 0 Å². The van der Waals surface area contributed by atoms with E-state index in [1.165, 1.54) is 11.1 Å². The molecular formula is C23H21ClN6O3. The summed E-state index contributed by atoms with van der Waals surface area (Å²) in [5.74, 6) is -0.294. The molecule has 3 aromatic rings. The van der Waals surface area contributed by atoms with Gasteiger partial charge in [-0.05, 0) is 48.5 Å². The number of H-pyrrole nitrogens is 1. The Morgan fingerprint density at radius 2 is 1.91 bits per heavy atom. The van der Waals surface area contributed by atoms with Crippen molar-refractivity contribution in [2.75, 3.05) is 32.0 Å². The van der Waals surface area contributed by atoms with E-state index in [2.05, 4.69) is 15.4 Å². The maximum absolute atomic E-state index is 12.7. The lowest BCUT2D eigenvalue weighted by Gasteiger charge is -2.32. The van der Waals surface area contributed by atoms with Gasteiger partial charge in [0.15, 0.2) is 0 Å². The summed E-state index contributed by atoms with van der Waals surface area (Å²) in [5, 5.41) is 7.73. The molecule has 1 fully saturated rings. The summed E-state index contributed by atoms with van der Waals surface area (Å²) in [6.07, 6.45) is 1.45. The maximum atomic E-state index is 12.7. The molecule has 0 atom stereocenters. The predicted octanol–water partition coefficient (Wildman–Crippen LogP) is 3.54. The topological polar surface area (TPSA) is 122 Å². The number of hydrogen-bond acceptors (Lipinski definition) is 6. The summed E-state index contributed by atoms with van der Waals surface area (Å²) >= 11 is 6.04. The van der Waals surface area contributed by atoms with E-state index < -0.39 is 0 Å². The van der Waals surface area contributed by atoms with Crippen LogP contribution >= 0.6 is 11.6 Å². The smallest absolute Gasteiger partial charge is 0.258 e. The van der Waals surface area contributed by atoms with Crippen molar-refractivity contribution in [1.29, 1.82) is 5.53 Å². The summed E-state index contributed by atoms with van der Waals surface area (Å²) in [7, 11) is 1.72. The summed E-state index contributed by atoms with van der Waals surface area (Å²) in [4.78, 5) is 42.9. The molecule has 2 heterocycles. The Balaban J connectivity index is 1.51. The first kappa shape index (κ1) is 22.2. The first-order chi connectivity index (χ1) is 15.9. The van der Waals surface area contributed by atoms with Crippen LogP contribution < -0.4 is 10.9 Å². The van der Waals surface area contributed by atoms with E-state index in [0.29, 0.717) is 34.9 Å². The van der Waals surface area contributed by atoms with Crippen LogP contribution in [-0.2, 0) is 4.79 Å². The van der Waals surface area contributed by atoms with Crippen LogP contribution in [0.25, 0.3) is 16.6 Å². The molecule has 4 rings (SSSR count). The fourth-order valence-electron chi connectivity index (χ4n) is 3.51. The Bertz CT molecular complexity index is 1330. The van der Waals surface area contributed by atoms with E-state index in [1.807, 2.05) is 0 Å². The number of hydrogen-bond donors (Lipinski definition) is 3. The van der Waals surface area contributed by atoms with Gasteiger partial charge in [-0.2, -0.15) is 5.11 Å². The van der Waals surface area contributed by atoms with Crippen LogP contribution in [-0.4, -0.2) is 53.3 Å². The fourth-order valence-corrected chi connectivity index (χ4v) is 3.69. The summed E-state index contributed by atoms with van der Waals surface area (Å²) in [5.41, 5.74) is 9.22. The lowest BCUT2D eigenvalue weighted by Crippen LogP contribution is -2.50. The number of nitrogens with zero attached hydrogens (tertiary/aromatic N) is 3. The Hall–Kier alpha value is -3.98. The van der Waals surface area contributed by atoms with Gasteiger partial charge in [0.25, 0.3) is 11.5 Å². The minimum atomic E-state index is -0.378. The molecule has 2 amide bonds. The molecule has 1 aromatic heterocycles. The highest BCUT2D eigenvalue weighted by atomic mass is 35.5. The standard InChI is InChI=1S/C23H21ClN6O3/c1-29-8-9-30(13-21(29)31)23(33)14-2-5-17(6-3-14)26-12-20(28-25)18-11-15-10-16(24)4-7-19(15)27-22(18)32/h2-7,10-12,25-26H,8-9,13H2,1H3,(H,27,32)/b20-12-,28-25?. The minimum Gasteiger partial charge on any atom is -0.360 e. The molecule has 0 unspecified atom stereocenters. The minimum absolute atomic E-state index is 0.0674. The molecule has 0 radical (unpaired) electrons. The van der Waals surface area contributed by atoms with Crippen LogP contribution in [0.3, 0.4) is 0 Å². The molecule has 168 valence electrons. The number of pyridine rings is 1. The number of amides is 2. The first-order valence-corrected chi connectivity index (χ1v) is 10.5. The van der Waals surface area contributed by atoms with E-state index in [0.717, 1.165) is 5.39 Å². The van der Waals surface area contributed by atoms with Gasteiger partial charge in [-0.3, -0.25) is 14.4 Å². The van der Waals surface area contributed by atoms with Gasteiger partial charge in [0.2, 0.25) is 5.91 Å². The van der Waals surface area contributed by atoms with Crippen molar-refractivity contribution in [2.24, 2.45) is 5.11 Å². The Morgan fingerprint density at radius 1 is 1.15 bits per heavy atom. The number of likely N-dealkylation sites (N-methyl/N-ethyl adjacent to an activating group) is 1. The van der Waals surface area contributed by atoms with Crippen molar-refractivity contribution in [3.8, 4) is 0 Å². The van der Waals surface area contributed by atoms with E-state index in [9.17, 15) is 14.4 Å². The number of aromatic nitrogens is 1. The second-order valence-corrected chi connectivity index (χ2v) is 8.09. The molecule has 10 heteroatoms. The van der Waals surface area contributed by atoms with Crippen LogP contribution in [0.5, 0.6) is 0 Å². The second kappa shape index (κ2) is 9.25. The van der Waals surface area contributed by atoms with Gasteiger partial charge >= 0.3 is 0 Å². The van der Waals surface area contributed by atoms with Crippen LogP contribution in [0.15, 0.2) is 64.6 Å². The molecule has 33 heavy (non-hydrogen) atoms. The van der Waals surface area contributed by atoms with Crippen molar-refractivity contribution >= 4 is 45.7 Å². The first-order valence-electron chi connectivity index (χ1n) is 10.2. The highest BCUT2D eigenvalue weighted by Crippen LogP contribution is 2.21. The number of fused-ring (bicyclic) bond motifs is 1. The summed E-state index contributed by atoms with van der Waals surface area (Å²) < 4.78 is 0. The van der Waals surface area contributed by atoms with Gasteiger partial charge in [0.05, 0.1) is 5.56 Å². The van der Waals surface area contributed by atoms with Crippen molar-refractivity contribution in [2.45, 2.75) is 0 Å². The second-order valence-electron chi connectivity index (χ2n) is 7.65. The van der Waals surface area contributed by atoms with Crippen LogP contribution in [0.2, 0.25) is 5.02 Å². The normalized spacial score (nSPS) is 14.5. The molecule has 3 N–H and O–H groups in total. The number of carbonyl (C=O) groups is 2. The van der Waals surface area contributed by atoms with Gasteiger partial charge in [0, 0.05) is 53.5 Å². The zero-order chi connectivity index (χ0) is 23.5. The summed E-state index contributed by atoms with van der Waals surface area (Å²) in [6.45, 7) is 1.07. The summed E-state index contributed by atoms with van der Waals surface area (Å²) in [6, 6.07) is 13.5. The number of piperazine rings is 1. The highest BCUT2D eigenvalue weighted by Gasteiger charge is 2.25. The molecule has 0 aliphatic carbocycles. The predicted molar refractivity (Wildman–Crippen MR) is 126 cm³/mol. The van der Waals surface area contributed by atoms with Crippen LogP contribution in [0.1, 0.15) is 15.9 Å². The van der Waals surface area contributed by atoms with E-state index in [4.69, 9.17) is 17.1 Å². The lowest BCUT2D eigenvalue weighted by atomic mass is 10.1. The highest BCUT2D eigenvalue weighted by molar-refractivity contribution is 6.31. The number of aromatic amines is 1. The SMILES string of the molecule is CN1CCN(C(=O)c2ccc(N/C=C(\N=N)c3cc4cc(Cl)ccc4[nH]c3=O)cc2)CC1=O. The third-order valence-electron chi connectivity index (χ3n) is 5.45. The van der Waals surface area contributed by atoms with E-state index in [-0.39, 0.29) is 35.2 Å². The van der Waals surface area contributed by atoms with Gasteiger partial charge in [0.1, 0.15) is 12.2 Å². The number of nitrogens with one attached hydrogen (secondary N) is 3. The van der Waals surface area contributed by atoms with Crippen LogP contribution in [0.4, 0.5) is 5.69 Å². The third kappa shape index (κ3) is 4.78. The van der Waals surface area contributed by atoms with E-state index in [1.54, 1.807) is 60.5 Å². The maximum Gasteiger partial charge on any atom is 0.258 e. The lowest BCUT2D eigenvalue weighted by molar-refractivity contribution is -0.133. The van der Waals surface area contributed by atoms with Gasteiger partial charge in [-0.1, -0.05) is 11.6 Å². The monoisotopic (exact) mass is 464 g/mol. The Labute approximate surface area is 194 Å².